The van der Waals surface area contributed by atoms with Crippen molar-refractivity contribution < 1.29 is 9.84 Å². The Balaban J connectivity index is 1.52. The molecule has 0 fully saturated rings. The minimum Gasteiger partial charge on any atom is -0.508 e. The summed E-state index contributed by atoms with van der Waals surface area (Å²) in [5.74, 6) is 0.959. The second-order valence-electron chi connectivity index (χ2n) is 9.23. The lowest BCUT2D eigenvalue weighted by molar-refractivity contribution is 0.302. The first kappa shape index (κ1) is 25.0. The largest absolute Gasteiger partial charge is 0.508 e. The maximum atomic E-state index is 10.3. The van der Waals surface area contributed by atoms with Crippen LogP contribution in [-0.2, 0) is 0 Å². The van der Waals surface area contributed by atoms with Gasteiger partial charge >= 0.3 is 0 Å². The highest BCUT2D eigenvalue weighted by Crippen LogP contribution is 2.37. The maximum absolute atomic E-state index is 10.3. The fraction of sp³-hybridized carbons (Fsp3) is 0.467. The van der Waals surface area contributed by atoms with Gasteiger partial charge in [0.15, 0.2) is 0 Å². The van der Waals surface area contributed by atoms with Crippen molar-refractivity contribution in [3.63, 3.8) is 0 Å². The number of hydrogen-bond acceptors (Lipinski definition) is 3. The molecule has 0 aliphatic rings. The topological polar surface area (TPSA) is 32.7 Å². The van der Waals surface area contributed by atoms with Crippen molar-refractivity contribution >= 4 is 22.1 Å². The third kappa shape index (κ3) is 7.42. The monoisotopic (exact) mass is 447 g/mol. The molecule has 0 spiro atoms. The van der Waals surface area contributed by atoms with Crippen LogP contribution in [-0.4, -0.2) is 18.8 Å². The first-order valence-corrected chi connectivity index (χ1v) is 12.8. The van der Waals surface area contributed by atoms with Crippen LogP contribution in [0.15, 0.2) is 54.6 Å². The van der Waals surface area contributed by atoms with Crippen LogP contribution in [0.25, 0.3) is 10.8 Å². The Labute approximate surface area is 200 Å². The van der Waals surface area contributed by atoms with Gasteiger partial charge in [-0.25, -0.2) is 0 Å². The lowest BCUT2D eigenvalue weighted by Crippen LogP contribution is -2.11. The number of nitrogens with zero attached hydrogens (tertiary/aromatic N) is 1. The number of aromatic hydroxyl groups is 1. The Morgan fingerprint density at radius 3 is 2.18 bits per heavy atom. The Morgan fingerprint density at radius 1 is 0.788 bits per heavy atom. The smallest absolute Gasteiger partial charge is 0.125 e. The number of fused-ring (bicyclic) bond motifs is 1. The molecule has 0 heterocycles. The molecular weight excluding hydrogens is 406 g/mol. The van der Waals surface area contributed by atoms with Crippen LogP contribution >= 0.6 is 0 Å². The molecule has 3 rings (SSSR count). The van der Waals surface area contributed by atoms with Crippen LogP contribution in [0.5, 0.6) is 11.5 Å². The SMILES string of the molecule is CCCCCCCCCCCCOc1cc(O)cc(N(C)c2c(C)ccc3ccccc23)c1. The highest BCUT2D eigenvalue weighted by atomic mass is 16.5. The third-order valence-corrected chi connectivity index (χ3v) is 6.47. The van der Waals surface area contributed by atoms with Crippen LogP contribution in [0, 0.1) is 6.92 Å². The van der Waals surface area contributed by atoms with Gasteiger partial charge in [-0.05, 0) is 24.3 Å². The first-order chi connectivity index (χ1) is 16.1. The fourth-order valence-electron chi connectivity index (χ4n) is 4.56. The lowest BCUT2D eigenvalue weighted by atomic mass is 10.0. The van der Waals surface area contributed by atoms with E-state index >= 15 is 0 Å². The highest BCUT2D eigenvalue weighted by molar-refractivity contribution is 5.97. The predicted octanol–water partition coefficient (Wildman–Crippen LogP) is 8.92. The summed E-state index contributed by atoms with van der Waals surface area (Å²) in [5, 5.41) is 12.8. The van der Waals surface area contributed by atoms with Crippen LogP contribution in [0.1, 0.15) is 76.7 Å². The van der Waals surface area contributed by atoms with E-state index in [1.54, 1.807) is 12.1 Å². The summed E-state index contributed by atoms with van der Waals surface area (Å²) in [4.78, 5) is 2.14. The molecule has 178 valence electrons. The molecule has 1 N–H and O–H groups in total. The van der Waals surface area contributed by atoms with Gasteiger partial charge in [-0.3, -0.25) is 0 Å². The average Bonchev–Trinajstić information content (AvgIpc) is 2.82. The normalized spacial score (nSPS) is 11.1. The lowest BCUT2D eigenvalue weighted by Gasteiger charge is -2.24. The van der Waals surface area contributed by atoms with E-state index < -0.39 is 0 Å². The van der Waals surface area contributed by atoms with Gasteiger partial charge in [0.25, 0.3) is 0 Å². The summed E-state index contributed by atoms with van der Waals surface area (Å²) in [6.07, 6.45) is 13.1. The number of phenols is 1. The van der Waals surface area contributed by atoms with E-state index in [4.69, 9.17) is 4.74 Å². The van der Waals surface area contributed by atoms with Crippen molar-refractivity contribution in [2.24, 2.45) is 0 Å². The van der Waals surface area contributed by atoms with Crippen LogP contribution in [0.3, 0.4) is 0 Å². The van der Waals surface area contributed by atoms with E-state index in [2.05, 4.69) is 62.2 Å². The Morgan fingerprint density at radius 2 is 1.45 bits per heavy atom. The molecule has 3 nitrogen and oxygen atoms in total. The van der Waals surface area contributed by atoms with E-state index in [1.807, 2.05) is 6.07 Å². The molecule has 0 atom stereocenters. The van der Waals surface area contributed by atoms with Gasteiger partial charge in [0.1, 0.15) is 11.5 Å². The van der Waals surface area contributed by atoms with E-state index in [1.165, 1.54) is 74.1 Å². The molecule has 0 amide bonds. The molecule has 33 heavy (non-hydrogen) atoms. The molecule has 0 bridgehead atoms. The van der Waals surface area contributed by atoms with Gasteiger partial charge in [0, 0.05) is 36.3 Å². The van der Waals surface area contributed by atoms with Crippen molar-refractivity contribution in [3.8, 4) is 11.5 Å². The van der Waals surface area contributed by atoms with E-state index in [0.29, 0.717) is 6.61 Å². The average molecular weight is 448 g/mol. The predicted molar refractivity (Wildman–Crippen MR) is 142 cm³/mol. The van der Waals surface area contributed by atoms with Crippen molar-refractivity contribution in [3.05, 3.63) is 60.2 Å². The molecule has 3 heteroatoms. The van der Waals surface area contributed by atoms with E-state index in [-0.39, 0.29) is 5.75 Å². The summed E-state index contributed by atoms with van der Waals surface area (Å²) in [7, 11) is 2.05. The number of rotatable bonds is 14. The highest BCUT2D eigenvalue weighted by Gasteiger charge is 2.13. The zero-order valence-electron chi connectivity index (χ0n) is 20.8. The van der Waals surface area contributed by atoms with Crippen LogP contribution in [0.2, 0.25) is 0 Å². The van der Waals surface area contributed by atoms with Gasteiger partial charge in [-0.2, -0.15) is 0 Å². The van der Waals surface area contributed by atoms with Crippen molar-refractivity contribution in [1.29, 1.82) is 0 Å². The van der Waals surface area contributed by atoms with Crippen molar-refractivity contribution in [1.82, 2.24) is 0 Å². The van der Waals surface area contributed by atoms with E-state index in [0.717, 1.165) is 23.5 Å². The van der Waals surface area contributed by atoms with E-state index in [9.17, 15) is 5.11 Å². The number of aryl methyl sites for hydroxylation is 1. The Hall–Kier alpha value is -2.68. The second kappa shape index (κ2) is 13.1. The Kier molecular flexibility index (Phi) is 9.93. The summed E-state index contributed by atoms with van der Waals surface area (Å²) >= 11 is 0. The van der Waals surface area contributed by atoms with Gasteiger partial charge in [-0.15, -0.1) is 0 Å². The molecule has 0 aliphatic carbocycles. The summed E-state index contributed by atoms with van der Waals surface area (Å²) in [6, 6.07) is 18.3. The van der Waals surface area contributed by atoms with Crippen molar-refractivity contribution in [2.75, 3.05) is 18.6 Å². The van der Waals surface area contributed by atoms with Gasteiger partial charge in [-0.1, -0.05) is 101 Å². The molecular formula is C30H41NO2. The second-order valence-corrected chi connectivity index (χ2v) is 9.23. The van der Waals surface area contributed by atoms with Gasteiger partial charge in [0.2, 0.25) is 0 Å². The molecule has 3 aromatic carbocycles. The van der Waals surface area contributed by atoms with Gasteiger partial charge < -0.3 is 14.7 Å². The fourth-order valence-corrected chi connectivity index (χ4v) is 4.56. The molecule has 0 unspecified atom stereocenters. The molecule has 0 saturated carbocycles. The zero-order chi connectivity index (χ0) is 23.5. The summed E-state index contributed by atoms with van der Waals surface area (Å²) < 4.78 is 6.02. The zero-order valence-corrected chi connectivity index (χ0v) is 20.8. The first-order valence-electron chi connectivity index (χ1n) is 12.8. The maximum Gasteiger partial charge on any atom is 0.125 e. The number of hydrogen-bond donors (Lipinski definition) is 1. The minimum absolute atomic E-state index is 0.232. The van der Waals surface area contributed by atoms with Gasteiger partial charge in [0.05, 0.1) is 12.3 Å². The number of ether oxygens (including phenoxy) is 1. The number of benzene rings is 3. The number of anilines is 2. The summed E-state index contributed by atoms with van der Waals surface area (Å²) in [5.41, 5.74) is 3.28. The number of phenolic OH excluding ortho intramolecular Hbond substituents is 1. The number of unbranched alkanes of at least 4 members (excludes halogenated alkanes) is 9. The minimum atomic E-state index is 0.232. The molecule has 0 radical (unpaired) electrons. The Bertz CT molecular complexity index is 998. The molecule has 0 saturated heterocycles. The standard InChI is InChI=1S/C30H41NO2/c1-4-5-6-7-8-9-10-11-12-15-20-33-28-22-26(21-27(32)23-28)31(3)30-24(2)18-19-25-16-13-14-17-29(25)30/h13-14,16-19,21-23,32H,4-12,15,20H2,1-3H3. The quantitative estimate of drug-likeness (QED) is 0.250. The van der Waals surface area contributed by atoms with Crippen molar-refractivity contribution in [2.45, 2.75) is 78.1 Å². The van der Waals surface area contributed by atoms with Crippen LogP contribution in [0.4, 0.5) is 11.4 Å². The third-order valence-electron chi connectivity index (χ3n) is 6.47. The molecule has 0 aliphatic heterocycles. The van der Waals surface area contributed by atoms with Crippen LogP contribution < -0.4 is 9.64 Å². The molecule has 3 aromatic rings. The molecule has 0 aromatic heterocycles. The summed E-state index contributed by atoms with van der Waals surface area (Å²) in [6.45, 7) is 5.09.